The molecule has 1 N–H and O–H groups in total. The number of aromatic nitrogens is 1. The number of carbonyl (C=O) groups is 1. The molecular weight excluding hydrogens is 228 g/mol. The number of likely N-dealkylation sites (N-methyl/N-ethyl adjacent to an activating group) is 1. The van der Waals surface area contributed by atoms with Crippen LogP contribution < -0.4 is 5.32 Å². The van der Waals surface area contributed by atoms with Gasteiger partial charge in [0.2, 0.25) is 0 Å². The van der Waals surface area contributed by atoms with Crippen LogP contribution in [0.3, 0.4) is 0 Å². The second-order valence-corrected chi connectivity index (χ2v) is 4.55. The molecule has 1 aromatic heterocycles. The van der Waals surface area contributed by atoms with Crippen LogP contribution in [0.1, 0.15) is 17.3 Å². The van der Waals surface area contributed by atoms with Gasteiger partial charge in [-0.05, 0) is 20.0 Å². The molecule has 1 saturated heterocycles. The first-order valence-corrected chi connectivity index (χ1v) is 6.38. The highest BCUT2D eigenvalue weighted by atomic mass is 16.2. The zero-order valence-corrected chi connectivity index (χ0v) is 11.0. The Labute approximate surface area is 108 Å². The fourth-order valence-electron chi connectivity index (χ4n) is 2.09. The van der Waals surface area contributed by atoms with Gasteiger partial charge in [-0.2, -0.15) is 0 Å². The van der Waals surface area contributed by atoms with Gasteiger partial charge < -0.3 is 15.1 Å². The van der Waals surface area contributed by atoms with Gasteiger partial charge in [-0.15, -0.1) is 0 Å². The fraction of sp³-hybridized carbons (Fsp3) is 0.538. The van der Waals surface area contributed by atoms with Crippen LogP contribution in [0.2, 0.25) is 0 Å². The van der Waals surface area contributed by atoms with Crippen LogP contribution in [-0.4, -0.2) is 60.5 Å². The highest BCUT2D eigenvalue weighted by molar-refractivity contribution is 5.99. The highest BCUT2D eigenvalue weighted by Crippen LogP contribution is 2.16. The highest BCUT2D eigenvalue weighted by Gasteiger charge is 2.22. The molecule has 0 aliphatic carbocycles. The minimum Gasteiger partial charge on any atom is -0.385 e. The van der Waals surface area contributed by atoms with Crippen molar-refractivity contribution in [1.29, 1.82) is 0 Å². The van der Waals surface area contributed by atoms with Crippen LogP contribution in [0.15, 0.2) is 18.5 Å². The molecule has 5 nitrogen and oxygen atoms in total. The summed E-state index contributed by atoms with van der Waals surface area (Å²) < 4.78 is 0. The van der Waals surface area contributed by atoms with Gasteiger partial charge in [0.25, 0.3) is 5.91 Å². The Morgan fingerprint density at radius 3 is 2.78 bits per heavy atom. The Kier molecular flexibility index (Phi) is 4.15. The van der Waals surface area contributed by atoms with Crippen molar-refractivity contribution in [3.05, 3.63) is 24.0 Å². The van der Waals surface area contributed by atoms with Gasteiger partial charge in [-0.3, -0.25) is 9.78 Å². The lowest BCUT2D eigenvalue weighted by molar-refractivity contribution is 0.0664. The molecule has 2 heterocycles. The number of anilines is 1. The number of hydrogen-bond donors (Lipinski definition) is 1. The van der Waals surface area contributed by atoms with Crippen molar-refractivity contribution >= 4 is 11.6 Å². The minimum atomic E-state index is 0.0761. The molecule has 1 aliphatic heterocycles. The number of rotatable bonds is 3. The molecule has 2 rings (SSSR count). The predicted molar refractivity (Wildman–Crippen MR) is 71.8 cm³/mol. The van der Waals surface area contributed by atoms with Crippen molar-refractivity contribution < 1.29 is 4.79 Å². The molecular formula is C13H20N4O. The monoisotopic (exact) mass is 248 g/mol. The molecule has 0 saturated carbocycles. The Morgan fingerprint density at radius 1 is 1.39 bits per heavy atom. The van der Waals surface area contributed by atoms with E-state index in [4.69, 9.17) is 0 Å². The van der Waals surface area contributed by atoms with E-state index < -0.39 is 0 Å². The summed E-state index contributed by atoms with van der Waals surface area (Å²) in [4.78, 5) is 20.6. The molecule has 0 aromatic carbocycles. The van der Waals surface area contributed by atoms with Crippen molar-refractivity contribution in [2.45, 2.75) is 6.92 Å². The SMILES string of the molecule is CCNc1ccncc1C(=O)N1CCN(C)CC1. The summed E-state index contributed by atoms with van der Waals surface area (Å²) in [5.41, 5.74) is 1.54. The first kappa shape index (κ1) is 12.8. The molecule has 0 bridgehead atoms. The van der Waals surface area contributed by atoms with E-state index in [1.54, 1.807) is 12.4 Å². The molecule has 0 unspecified atom stereocenters. The number of piperazine rings is 1. The molecule has 1 aromatic rings. The molecule has 0 radical (unpaired) electrons. The molecule has 5 heteroatoms. The molecule has 0 spiro atoms. The molecule has 1 amide bonds. The van der Waals surface area contributed by atoms with Gasteiger partial charge in [0.05, 0.1) is 11.3 Å². The third-order valence-corrected chi connectivity index (χ3v) is 3.21. The van der Waals surface area contributed by atoms with Crippen LogP contribution in [0, 0.1) is 0 Å². The Morgan fingerprint density at radius 2 is 2.11 bits per heavy atom. The molecule has 98 valence electrons. The van der Waals surface area contributed by atoms with Gasteiger partial charge in [-0.1, -0.05) is 0 Å². The van der Waals surface area contributed by atoms with Crippen LogP contribution in [0.5, 0.6) is 0 Å². The quantitative estimate of drug-likeness (QED) is 0.863. The maximum atomic E-state index is 12.4. The zero-order valence-electron chi connectivity index (χ0n) is 11.0. The maximum absolute atomic E-state index is 12.4. The Hall–Kier alpha value is -1.62. The summed E-state index contributed by atoms with van der Waals surface area (Å²) in [6, 6.07) is 1.85. The lowest BCUT2D eigenvalue weighted by Crippen LogP contribution is -2.47. The number of carbonyl (C=O) groups excluding carboxylic acids is 1. The van der Waals surface area contributed by atoms with E-state index in [1.165, 1.54) is 0 Å². The molecule has 1 fully saturated rings. The van der Waals surface area contributed by atoms with Gasteiger partial charge in [0.15, 0.2) is 0 Å². The first-order chi connectivity index (χ1) is 8.72. The first-order valence-electron chi connectivity index (χ1n) is 6.38. The zero-order chi connectivity index (χ0) is 13.0. The average Bonchev–Trinajstić information content (AvgIpc) is 2.40. The lowest BCUT2D eigenvalue weighted by Gasteiger charge is -2.32. The fourth-order valence-corrected chi connectivity index (χ4v) is 2.09. The number of nitrogens with zero attached hydrogens (tertiary/aromatic N) is 3. The van der Waals surface area contributed by atoms with Crippen molar-refractivity contribution in [2.75, 3.05) is 45.1 Å². The number of amides is 1. The summed E-state index contributed by atoms with van der Waals surface area (Å²) in [7, 11) is 2.08. The Balaban J connectivity index is 2.13. The van der Waals surface area contributed by atoms with Crippen LogP contribution >= 0.6 is 0 Å². The summed E-state index contributed by atoms with van der Waals surface area (Å²) in [6.07, 6.45) is 3.36. The van der Waals surface area contributed by atoms with Gasteiger partial charge in [0, 0.05) is 45.1 Å². The second kappa shape index (κ2) is 5.82. The van der Waals surface area contributed by atoms with Crippen LogP contribution in [0.25, 0.3) is 0 Å². The van der Waals surface area contributed by atoms with E-state index in [1.807, 2.05) is 17.9 Å². The molecule has 18 heavy (non-hydrogen) atoms. The van der Waals surface area contributed by atoms with Crippen LogP contribution in [-0.2, 0) is 0 Å². The number of nitrogens with one attached hydrogen (secondary N) is 1. The summed E-state index contributed by atoms with van der Waals surface area (Å²) in [6.45, 7) is 6.26. The van der Waals surface area contributed by atoms with Crippen molar-refractivity contribution in [3.63, 3.8) is 0 Å². The van der Waals surface area contributed by atoms with Gasteiger partial charge in [0.1, 0.15) is 0 Å². The van der Waals surface area contributed by atoms with E-state index in [9.17, 15) is 4.79 Å². The largest absolute Gasteiger partial charge is 0.385 e. The van der Waals surface area contributed by atoms with Crippen molar-refractivity contribution in [3.8, 4) is 0 Å². The average molecular weight is 248 g/mol. The van der Waals surface area contributed by atoms with Crippen molar-refractivity contribution in [1.82, 2.24) is 14.8 Å². The summed E-state index contributed by atoms with van der Waals surface area (Å²) in [5.74, 6) is 0.0761. The van der Waals surface area contributed by atoms with Gasteiger partial charge in [-0.25, -0.2) is 0 Å². The minimum absolute atomic E-state index is 0.0761. The maximum Gasteiger partial charge on any atom is 0.257 e. The molecule has 0 atom stereocenters. The van der Waals surface area contributed by atoms with E-state index in [2.05, 4.69) is 22.2 Å². The standard InChI is InChI=1S/C13H20N4O/c1-3-15-12-4-5-14-10-11(12)13(18)17-8-6-16(2)7-9-17/h4-5,10H,3,6-9H2,1-2H3,(H,14,15). The smallest absolute Gasteiger partial charge is 0.257 e. The summed E-state index contributed by atoms with van der Waals surface area (Å²) in [5, 5.41) is 3.21. The van der Waals surface area contributed by atoms with E-state index in [0.29, 0.717) is 5.56 Å². The predicted octanol–water partition coefficient (Wildman–Crippen LogP) is 0.901. The molecule has 1 aliphatic rings. The third kappa shape index (κ3) is 2.79. The number of pyridine rings is 1. The van der Waals surface area contributed by atoms with Crippen LogP contribution in [0.4, 0.5) is 5.69 Å². The van der Waals surface area contributed by atoms with Gasteiger partial charge >= 0.3 is 0 Å². The lowest BCUT2D eigenvalue weighted by atomic mass is 10.2. The van der Waals surface area contributed by atoms with E-state index in [0.717, 1.165) is 38.4 Å². The number of hydrogen-bond acceptors (Lipinski definition) is 4. The van der Waals surface area contributed by atoms with E-state index in [-0.39, 0.29) is 5.91 Å². The topological polar surface area (TPSA) is 48.5 Å². The van der Waals surface area contributed by atoms with Crippen molar-refractivity contribution in [2.24, 2.45) is 0 Å². The third-order valence-electron chi connectivity index (χ3n) is 3.21. The normalized spacial score (nSPS) is 16.7. The summed E-state index contributed by atoms with van der Waals surface area (Å²) >= 11 is 0. The second-order valence-electron chi connectivity index (χ2n) is 4.55. The van der Waals surface area contributed by atoms with E-state index >= 15 is 0 Å². The Bertz CT molecular complexity index is 413.